The maximum Gasteiger partial charge on any atom is 0.207 e. The van der Waals surface area contributed by atoms with Crippen LogP contribution in [-0.2, 0) is 11.8 Å². The molecule has 0 aromatic carbocycles. The molecule has 1 N–H and O–H groups in total. The number of imidazole rings is 1. The van der Waals surface area contributed by atoms with Crippen molar-refractivity contribution < 1.29 is 4.79 Å². The Morgan fingerprint density at radius 3 is 3.09 bits per heavy atom. The van der Waals surface area contributed by atoms with E-state index in [1.807, 2.05) is 18.5 Å². The van der Waals surface area contributed by atoms with Gasteiger partial charge >= 0.3 is 0 Å². The molecule has 1 radical (unpaired) electrons. The Kier molecular flexibility index (Phi) is 2.25. The molecule has 1 rings (SSSR count). The molecular weight excluding hydrogens is 142 g/mol. The number of nitrogens with zero attached hydrogens (tertiary/aromatic N) is 2. The first-order chi connectivity index (χ1) is 5.25. The second-order valence-electron chi connectivity index (χ2n) is 2.35. The Morgan fingerprint density at radius 2 is 2.64 bits per heavy atom. The maximum atomic E-state index is 10.1. The molecule has 4 nitrogen and oxygen atoms in total. The van der Waals surface area contributed by atoms with E-state index in [0.29, 0.717) is 6.41 Å². The van der Waals surface area contributed by atoms with Crippen LogP contribution in [0.15, 0.2) is 6.20 Å². The number of hydrogen-bond donors (Lipinski definition) is 1. The molecule has 1 aromatic rings. The fourth-order valence-electron chi connectivity index (χ4n) is 0.905. The summed E-state index contributed by atoms with van der Waals surface area (Å²) in [6.45, 7) is 1.87. The van der Waals surface area contributed by atoms with Gasteiger partial charge in [0.15, 0.2) is 0 Å². The molecule has 0 fully saturated rings. The van der Waals surface area contributed by atoms with E-state index in [2.05, 4.69) is 16.5 Å². The van der Waals surface area contributed by atoms with Gasteiger partial charge in [0, 0.05) is 13.2 Å². The predicted molar refractivity (Wildman–Crippen MR) is 39.7 cm³/mol. The second-order valence-corrected chi connectivity index (χ2v) is 2.35. The van der Waals surface area contributed by atoms with Crippen LogP contribution in [-0.4, -0.2) is 16.0 Å². The van der Waals surface area contributed by atoms with Crippen LogP contribution in [0.3, 0.4) is 0 Å². The van der Waals surface area contributed by atoms with E-state index >= 15 is 0 Å². The Balaban J connectivity index is 2.74. The van der Waals surface area contributed by atoms with Gasteiger partial charge < -0.3 is 9.88 Å². The molecule has 0 spiro atoms. The van der Waals surface area contributed by atoms with E-state index in [1.54, 1.807) is 6.20 Å². The van der Waals surface area contributed by atoms with Gasteiger partial charge in [0.25, 0.3) is 0 Å². The van der Waals surface area contributed by atoms with Crippen LogP contribution in [0.25, 0.3) is 0 Å². The molecule has 0 bridgehead atoms. The van der Waals surface area contributed by atoms with E-state index in [-0.39, 0.29) is 6.04 Å². The van der Waals surface area contributed by atoms with Crippen molar-refractivity contribution in [3.8, 4) is 0 Å². The highest BCUT2D eigenvalue weighted by atomic mass is 16.1. The van der Waals surface area contributed by atoms with Crippen molar-refractivity contribution in [2.24, 2.45) is 7.05 Å². The molecule has 4 heteroatoms. The third kappa shape index (κ3) is 1.58. The average Bonchev–Trinajstić information content (AvgIpc) is 2.36. The largest absolute Gasteiger partial charge is 0.349 e. The molecule has 0 aliphatic heterocycles. The molecule has 0 saturated carbocycles. The summed E-state index contributed by atoms with van der Waals surface area (Å²) in [6.07, 6.45) is 5.08. The smallest absolute Gasteiger partial charge is 0.207 e. The highest BCUT2D eigenvalue weighted by Gasteiger charge is 2.07. The van der Waals surface area contributed by atoms with Gasteiger partial charge in [-0.3, -0.25) is 4.79 Å². The van der Waals surface area contributed by atoms with Gasteiger partial charge in [0.2, 0.25) is 6.41 Å². The first-order valence-corrected chi connectivity index (χ1v) is 3.34. The average molecular weight is 152 g/mol. The number of amides is 1. The minimum Gasteiger partial charge on any atom is -0.349 e. The first kappa shape index (κ1) is 7.78. The number of carbonyl (C=O) groups excluding carboxylic acids is 1. The van der Waals surface area contributed by atoms with Crippen LogP contribution >= 0.6 is 0 Å². The van der Waals surface area contributed by atoms with Crippen LogP contribution in [0, 0.1) is 6.20 Å². The van der Waals surface area contributed by atoms with Crippen molar-refractivity contribution >= 4 is 6.41 Å². The van der Waals surface area contributed by atoms with Crippen LogP contribution in [0.1, 0.15) is 18.8 Å². The summed E-state index contributed by atoms with van der Waals surface area (Å²) < 4.78 is 1.82. The van der Waals surface area contributed by atoms with Crippen molar-refractivity contribution in [1.29, 1.82) is 0 Å². The molecule has 1 aromatic heterocycles. The number of nitrogens with one attached hydrogen (secondary N) is 1. The van der Waals surface area contributed by atoms with Crippen molar-refractivity contribution in [3.63, 3.8) is 0 Å². The fourth-order valence-corrected chi connectivity index (χ4v) is 0.905. The quantitative estimate of drug-likeness (QED) is 0.621. The maximum absolute atomic E-state index is 10.1. The van der Waals surface area contributed by atoms with Gasteiger partial charge in [-0.2, -0.15) is 0 Å². The third-order valence-electron chi connectivity index (χ3n) is 1.50. The van der Waals surface area contributed by atoms with Crippen LogP contribution in [0.4, 0.5) is 0 Å². The van der Waals surface area contributed by atoms with Gasteiger partial charge in [0.05, 0.1) is 6.04 Å². The van der Waals surface area contributed by atoms with Crippen LogP contribution in [0.5, 0.6) is 0 Å². The van der Waals surface area contributed by atoms with Crippen LogP contribution in [0.2, 0.25) is 0 Å². The van der Waals surface area contributed by atoms with Gasteiger partial charge in [-0.05, 0) is 6.92 Å². The summed E-state index contributed by atoms with van der Waals surface area (Å²) in [5, 5.41) is 2.60. The summed E-state index contributed by atoms with van der Waals surface area (Å²) in [4.78, 5) is 14.0. The highest BCUT2D eigenvalue weighted by molar-refractivity contribution is 5.46. The highest BCUT2D eigenvalue weighted by Crippen LogP contribution is 2.05. The van der Waals surface area contributed by atoms with Crippen molar-refractivity contribution in [2.75, 3.05) is 0 Å². The number of aromatic nitrogens is 2. The van der Waals surface area contributed by atoms with Gasteiger partial charge in [-0.1, -0.05) is 0 Å². The molecule has 11 heavy (non-hydrogen) atoms. The van der Waals surface area contributed by atoms with Crippen molar-refractivity contribution in [2.45, 2.75) is 13.0 Å². The van der Waals surface area contributed by atoms with Crippen molar-refractivity contribution in [3.05, 3.63) is 18.2 Å². The zero-order valence-electron chi connectivity index (χ0n) is 6.53. The van der Waals surface area contributed by atoms with Gasteiger partial charge in [0.1, 0.15) is 12.0 Å². The predicted octanol–water partition coefficient (Wildman–Crippen LogP) is 0.0273. The monoisotopic (exact) mass is 152 g/mol. The van der Waals surface area contributed by atoms with E-state index in [1.165, 1.54) is 0 Å². The minimum absolute atomic E-state index is 0.0521. The van der Waals surface area contributed by atoms with E-state index < -0.39 is 0 Å². The molecule has 1 atom stereocenters. The third-order valence-corrected chi connectivity index (χ3v) is 1.50. The lowest BCUT2D eigenvalue weighted by atomic mass is 10.3. The summed E-state index contributed by atoms with van der Waals surface area (Å²) in [7, 11) is 1.86. The summed E-state index contributed by atoms with van der Waals surface area (Å²) in [5.74, 6) is 0.803. The SMILES string of the molecule is CC(NC=O)c1n[c]cn1C. The van der Waals surface area contributed by atoms with E-state index in [9.17, 15) is 4.79 Å². The molecular formula is C7H10N3O. The Bertz CT molecular complexity index is 244. The lowest BCUT2D eigenvalue weighted by Crippen LogP contribution is -2.19. The normalized spacial score (nSPS) is 12.5. The number of carbonyl (C=O) groups is 1. The lowest BCUT2D eigenvalue weighted by molar-refractivity contribution is -0.110. The Morgan fingerprint density at radius 1 is 1.91 bits per heavy atom. The summed E-state index contributed by atoms with van der Waals surface area (Å²) in [6, 6.07) is -0.0521. The number of rotatable bonds is 3. The number of aryl methyl sites for hydroxylation is 1. The van der Waals surface area contributed by atoms with Crippen molar-refractivity contribution in [1.82, 2.24) is 14.9 Å². The molecule has 0 aliphatic rings. The van der Waals surface area contributed by atoms with E-state index in [0.717, 1.165) is 5.82 Å². The Hall–Kier alpha value is -1.32. The lowest BCUT2D eigenvalue weighted by Gasteiger charge is -2.08. The summed E-state index contributed by atoms with van der Waals surface area (Å²) >= 11 is 0. The Labute approximate surface area is 65.2 Å². The molecule has 1 unspecified atom stereocenters. The summed E-state index contributed by atoms with van der Waals surface area (Å²) in [5.41, 5.74) is 0. The topological polar surface area (TPSA) is 46.9 Å². The molecule has 1 amide bonds. The van der Waals surface area contributed by atoms with Crippen LogP contribution < -0.4 is 5.32 Å². The zero-order chi connectivity index (χ0) is 8.27. The standard InChI is InChI=1S/C7H10N3O/c1-6(9-5-11)7-8-3-4-10(7)2/h4-6H,1-2H3,(H,9,11). The molecule has 59 valence electrons. The molecule has 0 saturated heterocycles. The second kappa shape index (κ2) is 3.18. The number of hydrogen-bond acceptors (Lipinski definition) is 2. The first-order valence-electron chi connectivity index (χ1n) is 3.34. The fraction of sp³-hybridized carbons (Fsp3) is 0.429. The zero-order valence-corrected chi connectivity index (χ0v) is 6.53. The van der Waals surface area contributed by atoms with E-state index in [4.69, 9.17) is 0 Å². The van der Waals surface area contributed by atoms with Gasteiger partial charge in [-0.15, -0.1) is 0 Å². The minimum atomic E-state index is -0.0521. The molecule has 1 heterocycles. The van der Waals surface area contributed by atoms with Gasteiger partial charge in [-0.25, -0.2) is 4.98 Å². The molecule has 0 aliphatic carbocycles.